The summed E-state index contributed by atoms with van der Waals surface area (Å²) in [5, 5.41) is 8.47. The fourth-order valence-electron chi connectivity index (χ4n) is 2.25. The van der Waals surface area contributed by atoms with E-state index in [1.54, 1.807) is 25.2 Å². The van der Waals surface area contributed by atoms with Gasteiger partial charge in [0.25, 0.3) is 5.91 Å². The van der Waals surface area contributed by atoms with Crippen molar-refractivity contribution in [2.45, 2.75) is 19.4 Å². The van der Waals surface area contributed by atoms with Crippen molar-refractivity contribution in [1.29, 1.82) is 0 Å². The summed E-state index contributed by atoms with van der Waals surface area (Å²) in [6.07, 6.45) is 0.238. The summed E-state index contributed by atoms with van der Waals surface area (Å²) in [6.45, 7) is 1.87. The molecule has 0 saturated carbocycles. The summed E-state index contributed by atoms with van der Waals surface area (Å²) >= 11 is 0. The van der Waals surface area contributed by atoms with E-state index in [4.69, 9.17) is 0 Å². The van der Waals surface area contributed by atoms with Crippen LogP contribution in [0.3, 0.4) is 0 Å². The molecule has 0 spiro atoms. The van der Waals surface area contributed by atoms with Crippen LogP contribution in [-0.2, 0) is 4.79 Å². The Morgan fingerprint density at radius 2 is 1.79 bits per heavy atom. The van der Waals surface area contributed by atoms with Gasteiger partial charge in [0.2, 0.25) is 5.91 Å². The minimum atomic E-state index is -0.348. The Bertz CT molecular complexity index is 716. The van der Waals surface area contributed by atoms with Crippen LogP contribution >= 0.6 is 0 Å². The minimum absolute atomic E-state index is 0.134. The molecule has 0 fully saturated rings. The molecule has 0 bridgehead atoms. The average molecular weight is 329 g/mol. The van der Waals surface area contributed by atoms with Gasteiger partial charge in [-0.1, -0.05) is 6.07 Å². The van der Waals surface area contributed by atoms with Crippen molar-refractivity contribution in [1.82, 2.24) is 5.32 Å². The van der Waals surface area contributed by atoms with Crippen LogP contribution in [-0.4, -0.2) is 24.9 Å². The van der Waals surface area contributed by atoms with Crippen LogP contribution in [0.25, 0.3) is 0 Å². The molecule has 0 aliphatic heterocycles. The molecule has 2 amide bonds. The zero-order chi connectivity index (χ0) is 17.5. The molecule has 24 heavy (non-hydrogen) atoms. The van der Waals surface area contributed by atoms with Crippen LogP contribution < -0.4 is 16.0 Å². The third-order valence-electron chi connectivity index (χ3n) is 3.38. The predicted octanol–water partition coefficient (Wildman–Crippen LogP) is 3.01. The number of hydrogen-bond donors (Lipinski definition) is 3. The highest BCUT2D eigenvalue weighted by molar-refractivity contribution is 5.95. The van der Waals surface area contributed by atoms with Crippen LogP contribution in [0.5, 0.6) is 0 Å². The predicted molar refractivity (Wildman–Crippen MR) is 92.6 cm³/mol. The lowest BCUT2D eigenvalue weighted by atomic mass is 10.1. The molecule has 0 radical (unpaired) electrons. The zero-order valence-corrected chi connectivity index (χ0v) is 13.6. The number of halogens is 1. The second kappa shape index (κ2) is 8.10. The first-order valence-electron chi connectivity index (χ1n) is 7.62. The van der Waals surface area contributed by atoms with E-state index in [-0.39, 0.29) is 30.1 Å². The standard InChI is InChI=1S/C18H20FN3O2/c1-12(10-17(23)22-15-8-6-14(19)7-9-15)21-16-5-3-4-13(11-16)18(24)20-2/h3-9,11-12,21H,10H2,1-2H3,(H,20,24)(H,22,23)/t12-/m0/s1. The maximum absolute atomic E-state index is 12.8. The molecule has 6 heteroatoms. The normalized spacial score (nSPS) is 11.5. The quantitative estimate of drug-likeness (QED) is 0.763. The lowest BCUT2D eigenvalue weighted by Gasteiger charge is -2.15. The van der Waals surface area contributed by atoms with Gasteiger partial charge >= 0.3 is 0 Å². The molecule has 3 N–H and O–H groups in total. The van der Waals surface area contributed by atoms with Crippen LogP contribution in [0.1, 0.15) is 23.7 Å². The highest BCUT2D eigenvalue weighted by Gasteiger charge is 2.10. The third kappa shape index (κ3) is 5.08. The largest absolute Gasteiger partial charge is 0.382 e. The first kappa shape index (κ1) is 17.5. The van der Waals surface area contributed by atoms with Gasteiger partial charge in [0.1, 0.15) is 5.82 Å². The SMILES string of the molecule is CNC(=O)c1cccc(N[C@@H](C)CC(=O)Nc2ccc(F)cc2)c1. The zero-order valence-electron chi connectivity index (χ0n) is 13.6. The number of anilines is 2. The molecule has 0 aliphatic rings. The maximum Gasteiger partial charge on any atom is 0.251 e. The van der Waals surface area contributed by atoms with E-state index in [2.05, 4.69) is 16.0 Å². The fourth-order valence-corrected chi connectivity index (χ4v) is 2.25. The fraction of sp³-hybridized carbons (Fsp3) is 0.222. The Morgan fingerprint density at radius 3 is 2.46 bits per heavy atom. The lowest BCUT2D eigenvalue weighted by molar-refractivity contribution is -0.116. The Kier molecular flexibility index (Phi) is 5.89. The van der Waals surface area contributed by atoms with E-state index in [1.807, 2.05) is 13.0 Å². The van der Waals surface area contributed by atoms with E-state index in [0.29, 0.717) is 11.3 Å². The summed E-state index contributed by atoms with van der Waals surface area (Å²) in [5.41, 5.74) is 1.86. The summed E-state index contributed by atoms with van der Waals surface area (Å²) in [6, 6.07) is 12.5. The minimum Gasteiger partial charge on any atom is -0.382 e. The van der Waals surface area contributed by atoms with E-state index in [1.165, 1.54) is 24.3 Å². The van der Waals surface area contributed by atoms with Crippen LogP contribution in [0.4, 0.5) is 15.8 Å². The molecule has 2 aromatic carbocycles. The van der Waals surface area contributed by atoms with E-state index in [0.717, 1.165) is 5.69 Å². The molecular weight excluding hydrogens is 309 g/mol. The summed E-state index contributed by atoms with van der Waals surface area (Å²) in [5.74, 6) is -0.691. The first-order chi connectivity index (χ1) is 11.5. The van der Waals surface area contributed by atoms with Gasteiger partial charge in [-0.25, -0.2) is 4.39 Å². The second-order valence-electron chi connectivity index (χ2n) is 5.46. The van der Waals surface area contributed by atoms with Gasteiger partial charge in [-0.3, -0.25) is 9.59 Å². The molecule has 0 aromatic heterocycles. The topological polar surface area (TPSA) is 70.2 Å². The third-order valence-corrected chi connectivity index (χ3v) is 3.38. The van der Waals surface area contributed by atoms with Crippen LogP contribution in [0, 0.1) is 5.82 Å². The number of amides is 2. The molecule has 0 saturated heterocycles. The average Bonchev–Trinajstić information content (AvgIpc) is 2.56. The van der Waals surface area contributed by atoms with Crippen molar-refractivity contribution < 1.29 is 14.0 Å². The summed E-state index contributed by atoms with van der Waals surface area (Å²) < 4.78 is 12.8. The Labute approximate surface area is 140 Å². The van der Waals surface area contributed by atoms with Gasteiger partial charge in [-0.05, 0) is 49.4 Å². The molecule has 0 heterocycles. The lowest BCUT2D eigenvalue weighted by Crippen LogP contribution is -2.24. The number of benzene rings is 2. The van der Waals surface area contributed by atoms with Crippen molar-refractivity contribution in [3.05, 3.63) is 59.9 Å². The first-order valence-corrected chi connectivity index (χ1v) is 7.62. The molecule has 1 atom stereocenters. The van der Waals surface area contributed by atoms with E-state index in [9.17, 15) is 14.0 Å². The van der Waals surface area contributed by atoms with Crippen molar-refractivity contribution in [3.8, 4) is 0 Å². The number of carbonyl (C=O) groups is 2. The van der Waals surface area contributed by atoms with Crippen molar-refractivity contribution >= 4 is 23.2 Å². The molecular formula is C18H20FN3O2. The molecule has 2 rings (SSSR count). The Balaban J connectivity index is 1.90. The van der Waals surface area contributed by atoms with Gasteiger partial charge in [-0.2, -0.15) is 0 Å². The van der Waals surface area contributed by atoms with Crippen LogP contribution in [0.2, 0.25) is 0 Å². The molecule has 2 aromatic rings. The Morgan fingerprint density at radius 1 is 1.08 bits per heavy atom. The summed E-state index contributed by atoms with van der Waals surface area (Å²) in [7, 11) is 1.57. The van der Waals surface area contributed by atoms with Crippen molar-refractivity contribution in [3.63, 3.8) is 0 Å². The number of carbonyl (C=O) groups excluding carboxylic acids is 2. The van der Waals surface area contributed by atoms with Crippen LogP contribution in [0.15, 0.2) is 48.5 Å². The number of hydrogen-bond acceptors (Lipinski definition) is 3. The number of nitrogens with one attached hydrogen (secondary N) is 3. The molecule has 0 aliphatic carbocycles. The maximum atomic E-state index is 12.8. The van der Waals surface area contributed by atoms with Crippen molar-refractivity contribution in [2.75, 3.05) is 17.7 Å². The molecule has 5 nitrogen and oxygen atoms in total. The van der Waals surface area contributed by atoms with E-state index < -0.39 is 0 Å². The van der Waals surface area contributed by atoms with Gasteiger partial charge < -0.3 is 16.0 Å². The molecule has 126 valence electrons. The highest BCUT2D eigenvalue weighted by atomic mass is 19.1. The van der Waals surface area contributed by atoms with Gasteiger partial charge in [-0.15, -0.1) is 0 Å². The van der Waals surface area contributed by atoms with Gasteiger partial charge in [0.15, 0.2) is 0 Å². The van der Waals surface area contributed by atoms with Crippen molar-refractivity contribution in [2.24, 2.45) is 0 Å². The molecule has 0 unspecified atom stereocenters. The monoisotopic (exact) mass is 329 g/mol. The highest BCUT2D eigenvalue weighted by Crippen LogP contribution is 2.14. The van der Waals surface area contributed by atoms with Gasteiger partial charge in [0, 0.05) is 36.4 Å². The smallest absolute Gasteiger partial charge is 0.251 e. The number of rotatable bonds is 6. The second-order valence-corrected chi connectivity index (χ2v) is 5.46. The van der Waals surface area contributed by atoms with E-state index >= 15 is 0 Å². The Hall–Kier alpha value is -2.89. The van der Waals surface area contributed by atoms with Gasteiger partial charge in [0.05, 0.1) is 0 Å². The summed E-state index contributed by atoms with van der Waals surface area (Å²) in [4.78, 5) is 23.6.